The Hall–Kier alpha value is -0.500. The molecule has 8 nitrogen and oxygen atoms in total. The van der Waals surface area contributed by atoms with E-state index in [1.54, 1.807) is 0 Å². The van der Waals surface area contributed by atoms with Crippen LogP contribution in [0.1, 0.15) is 226 Å². The number of phosphoric acid groups is 1. The van der Waals surface area contributed by atoms with Crippen molar-refractivity contribution in [3.05, 3.63) is 0 Å². The minimum Gasteiger partial charge on any atom is -0.391 e. The van der Waals surface area contributed by atoms with Crippen molar-refractivity contribution in [1.29, 1.82) is 0 Å². The molecule has 0 radical (unpaired) electrons. The Labute approximate surface area is 329 Å². The second kappa shape index (κ2) is 37.1. The predicted molar refractivity (Wildman–Crippen MR) is 226 cm³/mol. The maximum absolute atomic E-state index is 12.9. The number of unbranched alkanes of at least 4 members (excludes halogenated alkanes) is 29. The van der Waals surface area contributed by atoms with E-state index in [9.17, 15) is 19.4 Å². The van der Waals surface area contributed by atoms with Gasteiger partial charge in [0.05, 0.1) is 39.9 Å². The minimum atomic E-state index is -4.31. The highest BCUT2D eigenvalue weighted by molar-refractivity contribution is 7.47. The molecule has 9 heteroatoms. The summed E-state index contributed by atoms with van der Waals surface area (Å²) in [6.07, 6.45) is 39.8. The van der Waals surface area contributed by atoms with Gasteiger partial charge >= 0.3 is 7.82 Å². The lowest BCUT2D eigenvalue weighted by atomic mass is 10.0. The maximum atomic E-state index is 12.9. The number of nitrogens with one attached hydrogen (secondary N) is 1. The summed E-state index contributed by atoms with van der Waals surface area (Å²) in [6, 6.07) is -0.752. The number of likely N-dealkylation sites (N-methyl/N-ethyl adjacent to an activating group) is 1. The first kappa shape index (κ1) is 52.5. The number of aliphatic hydroxyl groups excluding tert-OH is 1. The van der Waals surface area contributed by atoms with Gasteiger partial charge in [0.1, 0.15) is 13.2 Å². The highest BCUT2D eigenvalue weighted by Gasteiger charge is 2.28. The van der Waals surface area contributed by atoms with Gasteiger partial charge in [-0.2, -0.15) is 0 Å². The standard InChI is InChI=1S/C44H91N2O6P/c1-6-8-10-12-14-16-18-20-22-23-24-25-27-29-31-33-35-37-43(47)42(41-52-53(49,50)51-40-39-46(3,4)5)45-44(48)38-36-34-32-30-28-26-21-19-17-15-13-11-9-7-2/h42-43,47H,6-41H2,1-5H3,(H-,45,48,49,50)/p+1/t42-,43+/m0/s1. The summed E-state index contributed by atoms with van der Waals surface area (Å²) in [5, 5.41) is 14.0. The number of carbonyl (C=O) groups excluding carboxylic acids is 1. The third kappa shape index (κ3) is 39.5. The molecule has 0 heterocycles. The van der Waals surface area contributed by atoms with Gasteiger partial charge in [0, 0.05) is 6.42 Å². The van der Waals surface area contributed by atoms with Crippen LogP contribution >= 0.6 is 7.82 Å². The van der Waals surface area contributed by atoms with Crippen LogP contribution < -0.4 is 5.32 Å². The van der Waals surface area contributed by atoms with Crippen molar-refractivity contribution in [2.24, 2.45) is 0 Å². The lowest BCUT2D eigenvalue weighted by molar-refractivity contribution is -0.870. The van der Waals surface area contributed by atoms with Crippen LogP contribution in [0.25, 0.3) is 0 Å². The van der Waals surface area contributed by atoms with E-state index in [1.807, 2.05) is 21.1 Å². The number of rotatable bonds is 42. The van der Waals surface area contributed by atoms with Gasteiger partial charge in [0.2, 0.25) is 5.91 Å². The average Bonchev–Trinajstić information content (AvgIpc) is 3.10. The molecule has 0 spiro atoms. The summed E-state index contributed by atoms with van der Waals surface area (Å²) in [5.41, 5.74) is 0. The number of quaternary nitrogens is 1. The fourth-order valence-electron chi connectivity index (χ4n) is 6.93. The van der Waals surface area contributed by atoms with Crippen molar-refractivity contribution in [3.63, 3.8) is 0 Å². The van der Waals surface area contributed by atoms with Crippen molar-refractivity contribution < 1.29 is 32.9 Å². The number of hydrogen-bond donors (Lipinski definition) is 3. The van der Waals surface area contributed by atoms with Crippen molar-refractivity contribution >= 4 is 13.7 Å². The molecule has 3 N–H and O–H groups in total. The molecular weight excluding hydrogens is 683 g/mol. The summed E-state index contributed by atoms with van der Waals surface area (Å²) in [5.74, 6) is -0.141. The zero-order chi connectivity index (χ0) is 39.3. The lowest BCUT2D eigenvalue weighted by Gasteiger charge is -2.26. The van der Waals surface area contributed by atoms with Gasteiger partial charge in [-0.05, 0) is 12.8 Å². The smallest absolute Gasteiger partial charge is 0.391 e. The zero-order valence-corrected chi connectivity index (χ0v) is 36.9. The van der Waals surface area contributed by atoms with E-state index in [0.29, 0.717) is 23.9 Å². The molecule has 0 aliphatic carbocycles. The fourth-order valence-corrected chi connectivity index (χ4v) is 7.67. The van der Waals surface area contributed by atoms with Crippen LogP contribution in [-0.4, -0.2) is 73.4 Å². The van der Waals surface area contributed by atoms with Crippen molar-refractivity contribution in [1.82, 2.24) is 5.32 Å². The Balaban J connectivity index is 4.31. The van der Waals surface area contributed by atoms with Crippen LogP contribution in [0.3, 0.4) is 0 Å². The van der Waals surface area contributed by atoms with E-state index in [1.165, 1.54) is 161 Å². The van der Waals surface area contributed by atoms with Crippen molar-refractivity contribution in [2.45, 2.75) is 238 Å². The maximum Gasteiger partial charge on any atom is 0.472 e. The number of carbonyl (C=O) groups is 1. The minimum absolute atomic E-state index is 0.0786. The molecule has 0 aromatic carbocycles. The Kier molecular flexibility index (Phi) is 36.7. The number of hydrogen-bond acceptors (Lipinski definition) is 5. The summed E-state index contributed by atoms with van der Waals surface area (Å²) in [7, 11) is 1.63. The molecule has 0 aromatic rings. The monoisotopic (exact) mass is 776 g/mol. The van der Waals surface area contributed by atoms with Crippen LogP contribution in [-0.2, 0) is 18.4 Å². The first-order chi connectivity index (χ1) is 25.5. The Bertz CT molecular complexity index is 839. The largest absolute Gasteiger partial charge is 0.472 e. The van der Waals surface area contributed by atoms with Gasteiger partial charge < -0.3 is 19.8 Å². The van der Waals surface area contributed by atoms with E-state index in [2.05, 4.69) is 19.2 Å². The number of aliphatic hydroxyl groups is 1. The number of phosphoric ester groups is 1. The molecule has 0 saturated heterocycles. The van der Waals surface area contributed by atoms with E-state index < -0.39 is 20.0 Å². The topological polar surface area (TPSA) is 105 Å². The van der Waals surface area contributed by atoms with Crippen LogP contribution in [0.2, 0.25) is 0 Å². The van der Waals surface area contributed by atoms with E-state index in [0.717, 1.165) is 38.5 Å². The van der Waals surface area contributed by atoms with Gasteiger partial charge in [0.15, 0.2) is 0 Å². The molecule has 0 rings (SSSR count). The van der Waals surface area contributed by atoms with Crippen molar-refractivity contribution in [2.75, 3.05) is 40.9 Å². The van der Waals surface area contributed by atoms with Gasteiger partial charge in [-0.15, -0.1) is 0 Å². The molecule has 0 aliphatic rings. The normalized spacial score (nSPS) is 14.3. The van der Waals surface area contributed by atoms with Gasteiger partial charge in [0.25, 0.3) is 0 Å². The quantitative estimate of drug-likeness (QED) is 0.0324. The number of amides is 1. The fraction of sp³-hybridized carbons (Fsp3) is 0.977. The molecule has 0 aliphatic heterocycles. The first-order valence-electron chi connectivity index (χ1n) is 22.9. The molecule has 0 saturated carbocycles. The van der Waals surface area contributed by atoms with Gasteiger partial charge in [-0.3, -0.25) is 13.8 Å². The highest BCUT2D eigenvalue weighted by Crippen LogP contribution is 2.43. The van der Waals surface area contributed by atoms with E-state index in [-0.39, 0.29) is 19.1 Å². The van der Waals surface area contributed by atoms with Crippen LogP contribution in [0.15, 0.2) is 0 Å². The zero-order valence-electron chi connectivity index (χ0n) is 36.0. The van der Waals surface area contributed by atoms with Gasteiger partial charge in [-0.25, -0.2) is 4.57 Å². The Morgan fingerprint density at radius 3 is 1.26 bits per heavy atom. The van der Waals surface area contributed by atoms with Crippen LogP contribution in [0.5, 0.6) is 0 Å². The number of nitrogens with zero attached hydrogens (tertiary/aromatic N) is 1. The third-order valence-electron chi connectivity index (χ3n) is 10.6. The lowest BCUT2D eigenvalue weighted by Crippen LogP contribution is -2.46. The highest BCUT2D eigenvalue weighted by atomic mass is 31.2. The molecule has 0 fully saturated rings. The van der Waals surface area contributed by atoms with Crippen LogP contribution in [0.4, 0.5) is 0 Å². The van der Waals surface area contributed by atoms with Crippen molar-refractivity contribution in [3.8, 4) is 0 Å². The molecule has 53 heavy (non-hydrogen) atoms. The molecular formula is C44H92N2O6P+. The SMILES string of the molecule is CCCCCCCCCCCCCCCCCCC[C@@H](O)[C@H](COP(=O)(O)OCC[N+](C)(C)C)NC(=O)CCCCCCCCCCCCCCCC. The molecule has 3 atom stereocenters. The third-order valence-corrected chi connectivity index (χ3v) is 11.6. The summed E-state index contributed by atoms with van der Waals surface area (Å²) in [4.78, 5) is 23.1. The average molecular weight is 776 g/mol. The molecule has 0 aromatic heterocycles. The molecule has 1 amide bonds. The predicted octanol–water partition coefficient (Wildman–Crippen LogP) is 12.6. The van der Waals surface area contributed by atoms with Gasteiger partial charge in [-0.1, -0.05) is 206 Å². The molecule has 318 valence electrons. The Morgan fingerprint density at radius 2 is 0.906 bits per heavy atom. The Morgan fingerprint density at radius 1 is 0.566 bits per heavy atom. The van der Waals surface area contributed by atoms with E-state index in [4.69, 9.17) is 9.05 Å². The summed E-state index contributed by atoms with van der Waals surface area (Å²) in [6.45, 7) is 4.91. The summed E-state index contributed by atoms with van der Waals surface area (Å²) >= 11 is 0. The first-order valence-corrected chi connectivity index (χ1v) is 24.4. The van der Waals surface area contributed by atoms with Crippen LogP contribution in [0, 0.1) is 0 Å². The van der Waals surface area contributed by atoms with E-state index >= 15 is 0 Å². The molecule has 0 bridgehead atoms. The second-order valence-electron chi connectivity index (χ2n) is 17.1. The summed E-state index contributed by atoms with van der Waals surface area (Å²) < 4.78 is 23.6. The molecule has 1 unspecified atom stereocenters. The second-order valence-corrected chi connectivity index (χ2v) is 18.6.